The quantitative estimate of drug-likeness (QED) is 0.688. The Morgan fingerprint density at radius 2 is 2.06 bits per heavy atom. The fourth-order valence-electron chi connectivity index (χ4n) is 2.02. The Morgan fingerprint density at radius 1 is 1.47 bits per heavy atom. The topological polar surface area (TPSA) is 69.6 Å². The third kappa shape index (κ3) is 3.26. The number of imide groups is 1. The van der Waals surface area contributed by atoms with Gasteiger partial charge in [0.2, 0.25) is 11.8 Å². The molecular weight excluding hydrogens is 220 g/mol. The molecule has 0 spiro atoms. The summed E-state index contributed by atoms with van der Waals surface area (Å²) in [6.07, 6.45) is 0.790. The summed E-state index contributed by atoms with van der Waals surface area (Å²) < 4.78 is 0. The normalized spacial score (nSPS) is 23.4. The number of rotatable bonds is 4. The fourth-order valence-corrected chi connectivity index (χ4v) is 2.02. The van der Waals surface area contributed by atoms with E-state index in [1.807, 2.05) is 20.8 Å². The first-order chi connectivity index (χ1) is 7.77. The highest BCUT2D eigenvalue weighted by molar-refractivity contribution is 6.05. The standard InChI is InChI=1S/C12H22N2O3/c1-12(2,3)9(5-6-15)13-8-7-10(16)14(4)11(8)17/h8-9,13,15H,5-7H2,1-4H3. The molecule has 2 amide bonds. The summed E-state index contributed by atoms with van der Waals surface area (Å²) in [7, 11) is 1.50. The van der Waals surface area contributed by atoms with Gasteiger partial charge in [-0.3, -0.25) is 14.5 Å². The first kappa shape index (κ1) is 14.1. The average molecular weight is 242 g/mol. The smallest absolute Gasteiger partial charge is 0.246 e. The van der Waals surface area contributed by atoms with E-state index in [9.17, 15) is 9.59 Å². The van der Waals surface area contributed by atoms with Crippen molar-refractivity contribution >= 4 is 11.8 Å². The number of carbonyl (C=O) groups excluding carboxylic acids is 2. The van der Waals surface area contributed by atoms with Gasteiger partial charge in [0.25, 0.3) is 0 Å². The van der Waals surface area contributed by atoms with E-state index >= 15 is 0 Å². The Bertz CT molecular complexity index is 309. The van der Waals surface area contributed by atoms with E-state index in [4.69, 9.17) is 5.11 Å². The molecule has 98 valence electrons. The second-order valence-electron chi connectivity index (χ2n) is 5.65. The van der Waals surface area contributed by atoms with Crippen molar-refractivity contribution in [3.05, 3.63) is 0 Å². The van der Waals surface area contributed by atoms with Crippen LogP contribution in [0.15, 0.2) is 0 Å². The molecular formula is C12H22N2O3. The highest BCUT2D eigenvalue weighted by Gasteiger charge is 2.38. The van der Waals surface area contributed by atoms with Gasteiger partial charge in [-0.15, -0.1) is 0 Å². The molecule has 2 N–H and O–H groups in total. The van der Waals surface area contributed by atoms with Gasteiger partial charge in [-0.05, 0) is 11.8 Å². The van der Waals surface area contributed by atoms with Gasteiger partial charge >= 0.3 is 0 Å². The van der Waals surface area contributed by atoms with Crippen LogP contribution in [-0.2, 0) is 9.59 Å². The van der Waals surface area contributed by atoms with E-state index in [0.29, 0.717) is 6.42 Å². The van der Waals surface area contributed by atoms with Crippen molar-refractivity contribution < 1.29 is 14.7 Å². The first-order valence-electron chi connectivity index (χ1n) is 5.94. The van der Waals surface area contributed by atoms with Crippen LogP contribution in [0.4, 0.5) is 0 Å². The number of nitrogens with zero attached hydrogens (tertiary/aromatic N) is 1. The van der Waals surface area contributed by atoms with Crippen molar-refractivity contribution in [2.75, 3.05) is 13.7 Å². The number of aliphatic hydroxyl groups is 1. The predicted molar refractivity (Wildman–Crippen MR) is 64.3 cm³/mol. The Labute approximate surface area is 102 Å². The van der Waals surface area contributed by atoms with E-state index < -0.39 is 6.04 Å². The van der Waals surface area contributed by atoms with Gasteiger partial charge in [-0.25, -0.2) is 0 Å². The molecule has 0 aromatic heterocycles. The zero-order valence-electron chi connectivity index (χ0n) is 11.0. The molecule has 1 heterocycles. The third-order valence-electron chi connectivity index (χ3n) is 3.25. The Hall–Kier alpha value is -0.940. The highest BCUT2D eigenvalue weighted by atomic mass is 16.3. The summed E-state index contributed by atoms with van der Waals surface area (Å²) in [5.41, 5.74) is -0.0623. The maximum atomic E-state index is 11.8. The summed E-state index contributed by atoms with van der Waals surface area (Å²) in [5.74, 6) is -0.327. The molecule has 1 aliphatic rings. The lowest BCUT2D eigenvalue weighted by Gasteiger charge is -2.33. The van der Waals surface area contributed by atoms with E-state index in [1.165, 1.54) is 7.05 Å². The predicted octanol–water partition coefficient (Wildman–Crippen LogP) is 0.130. The Morgan fingerprint density at radius 3 is 2.41 bits per heavy atom. The molecule has 1 fully saturated rings. The molecule has 0 radical (unpaired) electrons. The minimum Gasteiger partial charge on any atom is -0.396 e. The number of likely N-dealkylation sites (N-methyl/N-ethyl adjacent to an activating group) is 1. The SMILES string of the molecule is CN1C(=O)CC(NC(CCO)C(C)(C)C)C1=O. The van der Waals surface area contributed by atoms with Gasteiger partial charge in [0.1, 0.15) is 0 Å². The van der Waals surface area contributed by atoms with Crippen molar-refractivity contribution in [3.8, 4) is 0 Å². The van der Waals surface area contributed by atoms with Gasteiger partial charge in [0, 0.05) is 19.7 Å². The van der Waals surface area contributed by atoms with Crippen molar-refractivity contribution in [1.29, 1.82) is 0 Å². The van der Waals surface area contributed by atoms with Crippen LogP contribution in [0.5, 0.6) is 0 Å². The number of hydrogen-bond acceptors (Lipinski definition) is 4. The van der Waals surface area contributed by atoms with Crippen molar-refractivity contribution in [1.82, 2.24) is 10.2 Å². The van der Waals surface area contributed by atoms with Gasteiger partial charge in [-0.1, -0.05) is 20.8 Å². The number of carbonyl (C=O) groups is 2. The van der Waals surface area contributed by atoms with Crippen LogP contribution >= 0.6 is 0 Å². The van der Waals surface area contributed by atoms with Crippen LogP contribution in [0, 0.1) is 5.41 Å². The van der Waals surface area contributed by atoms with Crippen LogP contribution in [0.2, 0.25) is 0 Å². The van der Waals surface area contributed by atoms with Gasteiger partial charge in [-0.2, -0.15) is 0 Å². The summed E-state index contributed by atoms with van der Waals surface area (Å²) in [4.78, 5) is 24.3. The zero-order valence-corrected chi connectivity index (χ0v) is 11.0. The summed E-state index contributed by atoms with van der Waals surface area (Å²) >= 11 is 0. The number of nitrogens with one attached hydrogen (secondary N) is 1. The maximum absolute atomic E-state index is 11.8. The summed E-state index contributed by atoms with van der Waals surface area (Å²) in [6.45, 7) is 6.21. The van der Waals surface area contributed by atoms with Gasteiger partial charge in [0.15, 0.2) is 0 Å². The minimum absolute atomic E-state index is 0.0146. The number of amides is 2. The van der Waals surface area contributed by atoms with Crippen molar-refractivity contribution in [2.24, 2.45) is 5.41 Å². The maximum Gasteiger partial charge on any atom is 0.246 e. The molecule has 17 heavy (non-hydrogen) atoms. The molecule has 2 unspecified atom stereocenters. The monoisotopic (exact) mass is 242 g/mol. The molecule has 5 nitrogen and oxygen atoms in total. The second kappa shape index (κ2) is 5.14. The Balaban J connectivity index is 2.69. The number of aliphatic hydroxyl groups excluding tert-OH is 1. The van der Waals surface area contributed by atoms with Crippen molar-refractivity contribution in [3.63, 3.8) is 0 Å². The van der Waals surface area contributed by atoms with E-state index in [1.54, 1.807) is 0 Å². The van der Waals surface area contributed by atoms with E-state index in [-0.39, 0.29) is 36.3 Å². The molecule has 1 saturated heterocycles. The van der Waals surface area contributed by atoms with Crippen LogP contribution in [0.1, 0.15) is 33.6 Å². The summed E-state index contributed by atoms with van der Waals surface area (Å²) in [5, 5.41) is 12.2. The molecule has 2 atom stereocenters. The lowest BCUT2D eigenvalue weighted by atomic mass is 9.84. The van der Waals surface area contributed by atoms with E-state index in [2.05, 4.69) is 5.32 Å². The van der Waals surface area contributed by atoms with Crippen LogP contribution in [0.3, 0.4) is 0 Å². The molecule has 1 aliphatic heterocycles. The highest BCUT2D eigenvalue weighted by Crippen LogP contribution is 2.23. The first-order valence-corrected chi connectivity index (χ1v) is 5.94. The molecule has 0 saturated carbocycles. The van der Waals surface area contributed by atoms with Crippen LogP contribution < -0.4 is 5.32 Å². The van der Waals surface area contributed by atoms with Crippen LogP contribution in [-0.4, -0.2) is 47.6 Å². The lowest BCUT2D eigenvalue weighted by molar-refractivity contribution is -0.137. The molecule has 5 heteroatoms. The number of hydrogen-bond donors (Lipinski definition) is 2. The molecule has 0 bridgehead atoms. The molecule has 0 aromatic carbocycles. The summed E-state index contributed by atoms with van der Waals surface area (Å²) in [6, 6.07) is -0.427. The van der Waals surface area contributed by atoms with Crippen LogP contribution in [0.25, 0.3) is 0 Å². The Kier molecular flexibility index (Phi) is 4.27. The molecule has 0 aliphatic carbocycles. The third-order valence-corrected chi connectivity index (χ3v) is 3.25. The molecule has 0 aromatic rings. The number of likely N-dealkylation sites (tertiary alicyclic amines) is 1. The average Bonchev–Trinajstić information content (AvgIpc) is 2.44. The fraction of sp³-hybridized carbons (Fsp3) is 0.833. The van der Waals surface area contributed by atoms with Gasteiger partial charge in [0.05, 0.1) is 12.5 Å². The zero-order chi connectivity index (χ0) is 13.2. The minimum atomic E-state index is -0.441. The molecule has 1 rings (SSSR count). The van der Waals surface area contributed by atoms with Gasteiger partial charge < -0.3 is 10.4 Å². The lowest BCUT2D eigenvalue weighted by Crippen LogP contribution is -2.49. The van der Waals surface area contributed by atoms with Crippen molar-refractivity contribution in [2.45, 2.75) is 45.7 Å². The largest absolute Gasteiger partial charge is 0.396 e. The second-order valence-corrected chi connectivity index (χ2v) is 5.65. The van der Waals surface area contributed by atoms with E-state index in [0.717, 1.165) is 4.90 Å².